The second-order valence-electron chi connectivity index (χ2n) is 6.64. The van der Waals surface area contributed by atoms with Crippen LogP contribution in [0.3, 0.4) is 0 Å². The third-order valence-electron chi connectivity index (χ3n) is 4.42. The van der Waals surface area contributed by atoms with Gasteiger partial charge < -0.3 is 4.74 Å². The van der Waals surface area contributed by atoms with Gasteiger partial charge in [-0.15, -0.1) is 5.10 Å². The van der Waals surface area contributed by atoms with Crippen LogP contribution in [0.4, 0.5) is 26.3 Å². The van der Waals surface area contributed by atoms with Crippen LogP contribution in [0.25, 0.3) is 17.6 Å². The minimum Gasteiger partial charge on any atom is -0.371 e. The van der Waals surface area contributed by atoms with Crippen LogP contribution in [0.15, 0.2) is 30.6 Å². The first-order valence-corrected chi connectivity index (χ1v) is 8.92. The number of carbonyl (C=O) groups excluding carboxylic acids is 2. The van der Waals surface area contributed by atoms with Crippen LogP contribution in [0, 0.1) is 0 Å². The third-order valence-corrected chi connectivity index (χ3v) is 4.42. The van der Waals surface area contributed by atoms with Crippen molar-refractivity contribution in [2.75, 3.05) is 13.7 Å². The minimum absolute atomic E-state index is 0.00147. The number of rotatable bonds is 5. The zero-order valence-corrected chi connectivity index (χ0v) is 16.2. The Kier molecular flexibility index (Phi) is 6.25. The van der Waals surface area contributed by atoms with E-state index in [4.69, 9.17) is 4.74 Å². The van der Waals surface area contributed by atoms with Gasteiger partial charge in [-0.25, -0.2) is 9.67 Å². The standard InChI is InChI=1S/C18H15F6N5O3/c1-32-13-2-5-29(16(13)31)26-14(30)3-4-28-9-25-15(27-28)10-6-11(17(19,20)21)8-12(7-10)18(22,23)24/h3-4,6-9,13H,2,5H2,1H3,(H,26,30)/b4-3-. The number of hydrogen-bond donors (Lipinski definition) is 1. The van der Waals surface area contributed by atoms with Gasteiger partial charge in [-0.1, -0.05) is 0 Å². The molecule has 3 rings (SSSR count). The van der Waals surface area contributed by atoms with Crippen LogP contribution in [-0.2, 0) is 26.7 Å². The van der Waals surface area contributed by atoms with Crippen LogP contribution in [-0.4, -0.2) is 51.3 Å². The van der Waals surface area contributed by atoms with Crippen molar-refractivity contribution in [3.63, 3.8) is 0 Å². The normalized spacial score (nSPS) is 17.4. The van der Waals surface area contributed by atoms with Gasteiger partial charge in [0.2, 0.25) is 0 Å². The summed E-state index contributed by atoms with van der Waals surface area (Å²) < 4.78 is 83.9. The number of aromatic nitrogens is 3. The Hall–Kier alpha value is -3.42. The summed E-state index contributed by atoms with van der Waals surface area (Å²) in [5.41, 5.74) is -1.19. The fraction of sp³-hybridized carbons (Fsp3) is 0.333. The molecular formula is C18H15F6N5O3. The summed E-state index contributed by atoms with van der Waals surface area (Å²) in [4.78, 5) is 27.5. The van der Waals surface area contributed by atoms with Gasteiger partial charge in [-0.05, 0) is 18.2 Å². The molecule has 1 fully saturated rings. The van der Waals surface area contributed by atoms with E-state index in [1.165, 1.54) is 7.11 Å². The number of methoxy groups -OCH3 is 1. The lowest BCUT2D eigenvalue weighted by molar-refractivity contribution is -0.143. The second-order valence-corrected chi connectivity index (χ2v) is 6.64. The minimum atomic E-state index is -5.01. The van der Waals surface area contributed by atoms with E-state index >= 15 is 0 Å². The molecule has 2 amide bonds. The highest BCUT2D eigenvalue weighted by atomic mass is 19.4. The largest absolute Gasteiger partial charge is 0.416 e. The van der Waals surface area contributed by atoms with Gasteiger partial charge >= 0.3 is 12.4 Å². The molecule has 1 saturated heterocycles. The summed E-state index contributed by atoms with van der Waals surface area (Å²) in [6.07, 6.45) is -7.27. The molecule has 0 spiro atoms. The van der Waals surface area contributed by atoms with Gasteiger partial charge in [0.25, 0.3) is 11.8 Å². The summed E-state index contributed by atoms with van der Waals surface area (Å²) in [6, 6.07) is 0.992. The smallest absolute Gasteiger partial charge is 0.371 e. The van der Waals surface area contributed by atoms with Crippen molar-refractivity contribution < 1.29 is 40.7 Å². The molecular weight excluding hydrogens is 448 g/mol. The maximum atomic E-state index is 13.0. The van der Waals surface area contributed by atoms with Crippen molar-refractivity contribution in [3.05, 3.63) is 41.7 Å². The predicted molar refractivity (Wildman–Crippen MR) is 96.1 cm³/mol. The summed E-state index contributed by atoms with van der Waals surface area (Å²) >= 11 is 0. The van der Waals surface area contributed by atoms with Gasteiger partial charge in [-0.2, -0.15) is 26.3 Å². The van der Waals surface area contributed by atoms with E-state index in [2.05, 4.69) is 15.5 Å². The molecule has 1 aromatic carbocycles. The van der Waals surface area contributed by atoms with Gasteiger partial charge in [0.05, 0.1) is 11.1 Å². The molecule has 1 aromatic heterocycles. The number of halogens is 6. The van der Waals surface area contributed by atoms with E-state index in [0.29, 0.717) is 18.6 Å². The molecule has 2 heterocycles. The Bertz CT molecular complexity index is 1010. The lowest BCUT2D eigenvalue weighted by Gasteiger charge is -2.15. The molecule has 1 unspecified atom stereocenters. The number of nitrogens with zero attached hydrogens (tertiary/aromatic N) is 4. The van der Waals surface area contributed by atoms with E-state index in [1.807, 2.05) is 0 Å². The van der Waals surface area contributed by atoms with Crippen LogP contribution in [0.2, 0.25) is 0 Å². The molecule has 8 nitrogen and oxygen atoms in total. The Morgan fingerprint density at radius 2 is 1.78 bits per heavy atom. The number of carbonyl (C=O) groups is 2. The molecule has 0 aliphatic carbocycles. The van der Waals surface area contributed by atoms with Gasteiger partial charge in [-0.3, -0.25) is 20.0 Å². The zero-order chi connectivity index (χ0) is 23.7. The van der Waals surface area contributed by atoms with E-state index in [1.54, 1.807) is 0 Å². The van der Waals surface area contributed by atoms with Gasteiger partial charge in [0, 0.05) is 37.9 Å². The Morgan fingerprint density at radius 1 is 1.16 bits per heavy atom. The zero-order valence-electron chi connectivity index (χ0n) is 16.2. The molecule has 1 N–H and O–H groups in total. The van der Waals surface area contributed by atoms with Crippen LogP contribution < -0.4 is 5.43 Å². The summed E-state index contributed by atoms with van der Waals surface area (Å²) in [6.45, 7) is 0.238. The first-order chi connectivity index (χ1) is 14.9. The average molecular weight is 463 g/mol. The molecule has 0 saturated carbocycles. The molecule has 1 atom stereocenters. The Labute approximate surface area is 176 Å². The molecule has 0 bridgehead atoms. The van der Waals surface area contributed by atoms with E-state index in [0.717, 1.165) is 28.3 Å². The van der Waals surface area contributed by atoms with Crippen molar-refractivity contribution in [3.8, 4) is 11.4 Å². The highest BCUT2D eigenvalue weighted by Gasteiger charge is 2.37. The first-order valence-electron chi connectivity index (χ1n) is 8.92. The monoisotopic (exact) mass is 463 g/mol. The van der Waals surface area contributed by atoms with Crippen LogP contribution in [0.1, 0.15) is 17.5 Å². The quantitative estimate of drug-likeness (QED) is 0.544. The number of alkyl halides is 6. The highest BCUT2D eigenvalue weighted by Crippen LogP contribution is 2.38. The summed E-state index contributed by atoms with van der Waals surface area (Å²) in [7, 11) is 1.36. The number of hydrogen-bond acceptors (Lipinski definition) is 5. The number of ether oxygens (including phenoxy) is 1. The molecule has 2 aromatic rings. The van der Waals surface area contributed by atoms with Gasteiger partial charge in [0.1, 0.15) is 12.4 Å². The topological polar surface area (TPSA) is 89.3 Å². The number of nitrogens with one attached hydrogen (secondary N) is 1. The summed E-state index contributed by atoms with van der Waals surface area (Å²) in [5, 5.41) is 4.84. The highest BCUT2D eigenvalue weighted by molar-refractivity contribution is 5.92. The van der Waals surface area contributed by atoms with Crippen LogP contribution >= 0.6 is 0 Å². The number of benzene rings is 1. The molecule has 1 aliphatic rings. The Balaban J connectivity index is 1.77. The van der Waals surface area contributed by atoms with E-state index in [9.17, 15) is 35.9 Å². The summed E-state index contributed by atoms with van der Waals surface area (Å²) in [5.74, 6) is -1.56. The van der Waals surface area contributed by atoms with Gasteiger partial charge in [0.15, 0.2) is 5.82 Å². The van der Waals surface area contributed by atoms with E-state index < -0.39 is 52.8 Å². The van der Waals surface area contributed by atoms with Crippen molar-refractivity contribution in [2.24, 2.45) is 0 Å². The average Bonchev–Trinajstić information content (AvgIpc) is 3.32. The fourth-order valence-electron chi connectivity index (χ4n) is 2.86. The maximum absolute atomic E-state index is 13.0. The third kappa shape index (κ3) is 5.25. The molecule has 172 valence electrons. The second kappa shape index (κ2) is 8.61. The lowest BCUT2D eigenvalue weighted by Crippen LogP contribution is -2.44. The SMILES string of the molecule is COC1CCN(NC(=O)/C=C\n2cnc(-c3cc(C(F)(F)F)cc(C(F)(F)F)c3)n2)C1=O. The molecule has 1 aliphatic heterocycles. The van der Waals surface area contributed by atoms with Crippen molar-refractivity contribution in [1.82, 2.24) is 25.2 Å². The van der Waals surface area contributed by atoms with Crippen LogP contribution in [0.5, 0.6) is 0 Å². The fourth-order valence-corrected chi connectivity index (χ4v) is 2.86. The first kappa shape index (κ1) is 23.2. The number of amides is 2. The lowest BCUT2D eigenvalue weighted by atomic mass is 10.0. The van der Waals surface area contributed by atoms with E-state index in [-0.39, 0.29) is 12.6 Å². The molecule has 0 radical (unpaired) electrons. The number of hydrazine groups is 1. The predicted octanol–water partition coefficient (Wildman–Crippen LogP) is 2.73. The molecule has 14 heteroatoms. The maximum Gasteiger partial charge on any atom is 0.416 e. The molecule has 32 heavy (non-hydrogen) atoms. The van der Waals surface area contributed by atoms with Crippen molar-refractivity contribution in [1.29, 1.82) is 0 Å². The Morgan fingerprint density at radius 3 is 2.31 bits per heavy atom. The van der Waals surface area contributed by atoms with Crippen molar-refractivity contribution >= 4 is 18.0 Å². The van der Waals surface area contributed by atoms with Crippen molar-refractivity contribution in [2.45, 2.75) is 24.9 Å².